The average Bonchev–Trinajstić information content (AvgIpc) is 3.64. The molecule has 2 bridgehead atoms. The van der Waals surface area contributed by atoms with Crippen LogP contribution in [0.15, 0.2) is 127 Å². The van der Waals surface area contributed by atoms with Crippen molar-refractivity contribution in [3.63, 3.8) is 0 Å². The van der Waals surface area contributed by atoms with E-state index in [0.29, 0.717) is 22.6 Å². The molecule has 228 valence electrons. The predicted octanol–water partition coefficient (Wildman–Crippen LogP) is 6.98. The van der Waals surface area contributed by atoms with Crippen molar-refractivity contribution in [3.05, 3.63) is 150 Å². The van der Waals surface area contributed by atoms with E-state index >= 15 is 14.4 Å². The molecule has 1 aliphatic heterocycles. The quantitative estimate of drug-likeness (QED) is 0.155. The number of fused-ring (bicyclic) bond motifs is 13. The van der Waals surface area contributed by atoms with E-state index in [1.54, 1.807) is 18.2 Å². The first-order chi connectivity index (χ1) is 23.0. The maximum atomic E-state index is 16.0. The third-order valence-electron chi connectivity index (χ3n) is 10.8. The van der Waals surface area contributed by atoms with E-state index < -0.39 is 34.5 Å². The Balaban J connectivity index is 1.50. The molecule has 6 nitrogen and oxygen atoms in total. The van der Waals surface area contributed by atoms with Crippen LogP contribution < -0.4 is 14.4 Å². The standard InChI is InChI=1S/C41H29NO5/c1-46-30-22-13-23-31(47-2)36(30)42-37(43)34-35(38(42)44)41(25-16-7-4-8-17-25)33-29-21-12-10-19-27(29)26-18-9-11-20-28(26)32(33)40(34,39(41)45)24-14-5-3-6-15-24/h3-23,34-35H,1-2H3/t34-,35+,40+,41-. The SMILES string of the molecule is COc1cccc(OC)c1N1C(=O)[C@@H]2[C@H](C1=O)[C@@]1(c3ccccc3)C(=O)[C@]2(c2ccccc2)c2c1c1ccccc1c1ccccc21. The van der Waals surface area contributed by atoms with Gasteiger partial charge in [0, 0.05) is 0 Å². The molecule has 6 aromatic carbocycles. The van der Waals surface area contributed by atoms with Gasteiger partial charge in [-0.25, -0.2) is 4.90 Å². The Morgan fingerprint density at radius 3 is 1.28 bits per heavy atom. The highest BCUT2D eigenvalue weighted by Gasteiger charge is 2.82. The summed E-state index contributed by atoms with van der Waals surface area (Å²) in [4.78, 5) is 47.8. The summed E-state index contributed by atoms with van der Waals surface area (Å²) in [6.07, 6.45) is 0. The summed E-state index contributed by atoms with van der Waals surface area (Å²) < 4.78 is 11.4. The number of imide groups is 1. The van der Waals surface area contributed by atoms with Gasteiger partial charge in [-0.05, 0) is 55.9 Å². The van der Waals surface area contributed by atoms with Gasteiger partial charge >= 0.3 is 0 Å². The molecule has 47 heavy (non-hydrogen) atoms. The van der Waals surface area contributed by atoms with E-state index in [2.05, 4.69) is 24.3 Å². The summed E-state index contributed by atoms with van der Waals surface area (Å²) in [5.74, 6) is -2.39. The number of carbonyl (C=O) groups is 3. The zero-order valence-corrected chi connectivity index (χ0v) is 25.8. The zero-order valence-electron chi connectivity index (χ0n) is 25.8. The molecule has 0 aromatic heterocycles. The van der Waals surface area contributed by atoms with Crippen LogP contribution in [0.1, 0.15) is 22.3 Å². The van der Waals surface area contributed by atoms with Crippen LogP contribution in [-0.2, 0) is 25.2 Å². The van der Waals surface area contributed by atoms with Gasteiger partial charge in [-0.1, -0.05) is 115 Å². The number of benzene rings is 6. The van der Waals surface area contributed by atoms with Gasteiger partial charge in [-0.2, -0.15) is 0 Å². The summed E-state index contributed by atoms with van der Waals surface area (Å²) in [6.45, 7) is 0. The van der Waals surface area contributed by atoms with Gasteiger partial charge < -0.3 is 9.47 Å². The Morgan fingerprint density at radius 2 is 0.872 bits per heavy atom. The molecule has 0 spiro atoms. The number of hydrogen-bond acceptors (Lipinski definition) is 5. The Bertz CT molecular complexity index is 2160. The van der Waals surface area contributed by atoms with Crippen molar-refractivity contribution >= 4 is 44.8 Å². The minimum absolute atomic E-state index is 0.137. The van der Waals surface area contributed by atoms with Crippen LogP contribution in [0.2, 0.25) is 0 Å². The summed E-state index contributed by atoms with van der Waals surface area (Å²) in [5.41, 5.74) is 0.374. The smallest absolute Gasteiger partial charge is 0.239 e. The van der Waals surface area contributed by atoms with E-state index in [1.165, 1.54) is 19.1 Å². The first-order valence-electron chi connectivity index (χ1n) is 15.7. The second-order valence-electron chi connectivity index (χ2n) is 12.5. The number of Topliss-reactive ketones (excluding diaryl/α,β-unsaturated/α-hetero) is 1. The Morgan fingerprint density at radius 1 is 0.489 bits per heavy atom. The van der Waals surface area contributed by atoms with Gasteiger partial charge in [0.15, 0.2) is 5.78 Å². The fourth-order valence-electron chi connectivity index (χ4n) is 9.22. The fraction of sp³-hybridized carbons (Fsp3) is 0.146. The lowest BCUT2D eigenvalue weighted by Gasteiger charge is -2.38. The fourth-order valence-corrected chi connectivity index (χ4v) is 9.22. The van der Waals surface area contributed by atoms with Gasteiger partial charge in [-0.3, -0.25) is 14.4 Å². The molecule has 2 fully saturated rings. The molecule has 6 aromatic rings. The molecule has 3 aliphatic rings. The van der Waals surface area contributed by atoms with Crippen LogP contribution in [0.5, 0.6) is 11.5 Å². The number of methoxy groups -OCH3 is 2. The predicted molar refractivity (Wildman–Crippen MR) is 180 cm³/mol. The highest BCUT2D eigenvalue weighted by molar-refractivity contribution is 6.34. The lowest BCUT2D eigenvalue weighted by molar-refractivity contribution is -0.130. The number of ether oxygens (including phenoxy) is 2. The Hall–Kier alpha value is -5.75. The van der Waals surface area contributed by atoms with Crippen molar-refractivity contribution in [2.75, 3.05) is 19.1 Å². The van der Waals surface area contributed by atoms with E-state index in [4.69, 9.17) is 9.47 Å². The van der Waals surface area contributed by atoms with Gasteiger partial charge in [0.25, 0.3) is 0 Å². The number of ketones is 1. The van der Waals surface area contributed by atoms with Gasteiger partial charge in [0.2, 0.25) is 11.8 Å². The number of anilines is 1. The summed E-state index contributed by atoms with van der Waals surface area (Å²) in [5, 5.41) is 3.81. The third kappa shape index (κ3) is 3.08. The topological polar surface area (TPSA) is 72.9 Å². The number of rotatable bonds is 5. The zero-order chi connectivity index (χ0) is 32.1. The average molecular weight is 616 g/mol. The minimum Gasteiger partial charge on any atom is -0.494 e. The summed E-state index contributed by atoms with van der Waals surface area (Å²) >= 11 is 0. The lowest BCUT2D eigenvalue weighted by atomic mass is 9.59. The summed E-state index contributed by atoms with van der Waals surface area (Å²) in [7, 11) is 3.00. The van der Waals surface area contributed by atoms with E-state index in [-0.39, 0.29) is 11.5 Å². The van der Waals surface area contributed by atoms with Crippen molar-refractivity contribution in [1.29, 1.82) is 0 Å². The van der Waals surface area contributed by atoms with E-state index in [1.807, 2.05) is 84.9 Å². The van der Waals surface area contributed by atoms with E-state index in [9.17, 15) is 0 Å². The van der Waals surface area contributed by atoms with Gasteiger partial charge in [0.05, 0.1) is 36.9 Å². The maximum Gasteiger partial charge on any atom is 0.239 e. The second-order valence-corrected chi connectivity index (χ2v) is 12.5. The highest BCUT2D eigenvalue weighted by Crippen LogP contribution is 2.73. The largest absolute Gasteiger partial charge is 0.494 e. The van der Waals surface area contributed by atoms with Crippen LogP contribution in [-0.4, -0.2) is 31.8 Å². The minimum atomic E-state index is -1.45. The number of amides is 2. The van der Waals surface area contributed by atoms with Crippen LogP contribution in [0, 0.1) is 11.8 Å². The first kappa shape index (κ1) is 27.6. The van der Waals surface area contributed by atoms with Crippen LogP contribution >= 0.6 is 0 Å². The molecule has 1 saturated carbocycles. The van der Waals surface area contributed by atoms with Gasteiger partial charge in [0.1, 0.15) is 17.2 Å². The molecule has 0 unspecified atom stereocenters. The van der Waals surface area contributed by atoms with Crippen molar-refractivity contribution in [2.24, 2.45) is 11.8 Å². The molecule has 1 saturated heterocycles. The molecule has 2 aliphatic carbocycles. The lowest BCUT2D eigenvalue weighted by Crippen LogP contribution is -2.45. The molecule has 1 heterocycles. The van der Waals surface area contributed by atoms with Crippen molar-refractivity contribution in [1.82, 2.24) is 0 Å². The van der Waals surface area contributed by atoms with Crippen molar-refractivity contribution in [3.8, 4) is 11.5 Å². The summed E-state index contributed by atoms with van der Waals surface area (Å²) in [6, 6.07) is 40.5. The highest BCUT2D eigenvalue weighted by atomic mass is 16.5. The number of hydrogen-bond donors (Lipinski definition) is 0. The van der Waals surface area contributed by atoms with Crippen molar-refractivity contribution < 1.29 is 23.9 Å². The maximum absolute atomic E-state index is 16.0. The monoisotopic (exact) mass is 615 g/mol. The Labute approximate surface area is 271 Å². The molecule has 0 radical (unpaired) electrons. The number of para-hydroxylation sites is 1. The van der Waals surface area contributed by atoms with E-state index in [0.717, 1.165) is 32.7 Å². The number of carbonyl (C=O) groups excluding carboxylic acids is 3. The van der Waals surface area contributed by atoms with Crippen LogP contribution in [0.3, 0.4) is 0 Å². The third-order valence-corrected chi connectivity index (χ3v) is 10.8. The van der Waals surface area contributed by atoms with Gasteiger partial charge in [-0.15, -0.1) is 0 Å². The molecule has 0 N–H and O–H groups in total. The Kier molecular flexibility index (Phi) is 5.64. The molecule has 4 atom stereocenters. The normalized spacial score (nSPS) is 24.2. The number of nitrogens with zero attached hydrogens (tertiary/aromatic N) is 1. The van der Waals surface area contributed by atoms with Crippen molar-refractivity contribution in [2.45, 2.75) is 10.8 Å². The molecule has 6 heteroatoms. The van der Waals surface area contributed by atoms with Crippen LogP contribution in [0.25, 0.3) is 21.5 Å². The molecule has 9 rings (SSSR count). The molecular weight excluding hydrogens is 586 g/mol. The molecule has 2 amide bonds. The molecular formula is C41H29NO5. The second kappa shape index (κ2) is 9.63. The van der Waals surface area contributed by atoms with Crippen LogP contribution in [0.4, 0.5) is 5.69 Å². The first-order valence-corrected chi connectivity index (χ1v) is 15.7.